The Morgan fingerprint density at radius 3 is 2.37 bits per heavy atom. The van der Waals surface area contributed by atoms with Gasteiger partial charge in [0.2, 0.25) is 0 Å². The van der Waals surface area contributed by atoms with Gasteiger partial charge in [-0.15, -0.1) is 5.10 Å². The van der Waals surface area contributed by atoms with E-state index in [-0.39, 0.29) is 5.91 Å². The summed E-state index contributed by atoms with van der Waals surface area (Å²) < 4.78 is 3.89. The van der Waals surface area contributed by atoms with Crippen LogP contribution in [0.25, 0.3) is 0 Å². The third kappa shape index (κ3) is 3.17. The molecule has 100 valence electrons. The van der Waals surface area contributed by atoms with Gasteiger partial charge in [-0.05, 0) is 44.4 Å². The van der Waals surface area contributed by atoms with Gasteiger partial charge in [-0.2, -0.15) is 0 Å². The average Bonchev–Trinajstić information content (AvgIpc) is 2.72. The minimum atomic E-state index is 0.0274. The van der Waals surface area contributed by atoms with E-state index in [9.17, 15) is 4.79 Å². The number of amides is 1. The Bertz CT molecular complexity index is 586. The molecule has 5 heteroatoms. The molecule has 1 heterocycles. The maximum atomic E-state index is 12.4. The van der Waals surface area contributed by atoms with Crippen LogP contribution in [-0.2, 0) is 6.54 Å². The Balaban J connectivity index is 2.17. The molecule has 0 unspecified atom stereocenters. The van der Waals surface area contributed by atoms with E-state index in [2.05, 4.69) is 15.7 Å². The van der Waals surface area contributed by atoms with Crippen LogP contribution in [0.2, 0.25) is 0 Å². The zero-order valence-electron chi connectivity index (χ0n) is 11.6. The predicted octanol–water partition coefficient (Wildman–Crippen LogP) is 2.74. The molecule has 19 heavy (non-hydrogen) atoms. The van der Waals surface area contributed by atoms with E-state index in [0.717, 1.165) is 27.3 Å². The first-order chi connectivity index (χ1) is 8.97. The summed E-state index contributed by atoms with van der Waals surface area (Å²) in [5.41, 5.74) is 3.83. The Kier molecular flexibility index (Phi) is 3.95. The van der Waals surface area contributed by atoms with Gasteiger partial charge in [0.05, 0.1) is 17.1 Å². The summed E-state index contributed by atoms with van der Waals surface area (Å²) in [5.74, 6) is 0.0274. The van der Waals surface area contributed by atoms with E-state index in [4.69, 9.17) is 0 Å². The highest BCUT2D eigenvalue weighted by Gasteiger charge is 2.15. The first-order valence-corrected chi connectivity index (χ1v) is 6.86. The Labute approximate surface area is 117 Å². The van der Waals surface area contributed by atoms with Crippen LogP contribution in [0.5, 0.6) is 0 Å². The monoisotopic (exact) mass is 275 g/mol. The van der Waals surface area contributed by atoms with Crippen molar-refractivity contribution in [2.75, 3.05) is 7.05 Å². The van der Waals surface area contributed by atoms with Crippen LogP contribution in [0.3, 0.4) is 0 Å². The van der Waals surface area contributed by atoms with Gasteiger partial charge >= 0.3 is 0 Å². The molecule has 0 saturated carbocycles. The number of nitrogens with zero attached hydrogens (tertiary/aromatic N) is 3. The highest BCUT2D eigenvalue weighted by molar-refractivity contribution is 7.05. The number of carbonyl (C=O) groups excluding carboxylic acids is 1. The fraction of sp³-hybridized carbons (Fsp3) is 0.357. The van der Waals surface area contributed by atoms with Crippen molar-refractivity contribution in [3.63, 3.8) is 0 Å². The molecule has 0 aliphatic heterocycles. The van der Waals surface area contributed by atoms with E-state index < -0.39 is 0 Å². The lowest BCUT2D eigenvalue weighted by Crippen LogP contribution is -2.26. The lowest BCUT2D eigenvalue weighted by atomic mass is 10.1. The first kappa shape index (κ1) is 13.7. The van der Waals surface area contributed by atoms with Crippen molar-refractivity contribution in [3.05, 3.63) is 45.5 Å². The Morgan fingerprint density at radius 1 is 1.21 bits per heavy atom. The van der Waals surface area contributed by atoms with Crippen molar-refractivity contribution >= 4 is 17.4 Å². The van der Waals surface area contributed by atoms with Crippen molar-refractivity contribution in [3.8, 4) is 0 Å². The second-order valence-corrected chi connectivity index (χ2v) is 5.66. The summed E-state index contributed by atoms with van der Waals surface area (Å²) in [4.78, 5) is 15.1. The smallest absolute Gasteiger partial charge is 0.253 e. The molecular formula is C14H17N3OS. The normalized spacial score (nSPS) is 10.5. The molecule has 0 atom stereocenters. The van der Waals surface area contributed by atoms with Gasteiger partial charge in [-0.25, -0.2) is 0 Å². The number of rotatable bonds is 3. The molecule has 4 nitrogen and oxygen atoms in total. The number of hydrogen-bond acceptors (Lipinski definition) is 4. The molecule has 0 spiro atoms. The minimum absolute atomic E-state index is 0.0274. The van der Waals surface area contributed by atoms with Crippen molar-refractivity contribution in [2.45, 2.75) is 27.3 Å². The maximum Gasteiger partial charge on any atom is 0.253 e. The molecular weight excluding hydrogens is 258 g/mol. The summed E-state index contributed by atoms with van der Waals surface area (Å²) in [5, 5.41) is 3.96. The van der Waals surface area contributed by atoms with Gasteiger partial charge < -0.3 is 4.90 Å². The zero-order chi connectivity index (χ0) is 14.0. The largest absolute Gasteiger partial charge is 0.336 e. The van der Waals surface area contributed by atoms with Crippen LogP contribution in [0.15, 0.2) is 18.2 Å². The van der Waals surface area contributed by atoms with E-state index in [0.29, 0.717) is 6.54 Å². The molecule has 1 aromatic heterocycles. The van der Waals surface area contributed by atoms with E-state index >= 15 is 0 Å². The van der Waals surface area contributed by atoms with Crippen molar-refractivity contribution in [1.82, 2.24) is 14.5 Å². The molecule has 1 amide bonds. The molecule has 0 aliphatic carbocycles. The topological polar surface area (TPSA) is 46.1 Å². The first-order valence-electron chi connectivity index (χ1n) is 6.09. The van der Waals surface area contributed by atoms with Gasteiger partial charge in [0.1, 0.15) is 0 Å². The van der Waals surface area contributed by atoms with Gasteiger partial charge in [0.25, 0.3) is 5.91 Å². The lowest BCUT2D eigenvalue weighted by Gasteiger charge is -2.17. The van der Waals surface area contributed by atoms with Gasteiger partial charge in [0.15, 0.2) is 0 Å². The van der Waals surface area contributed by atoms with Crippen LogP contribution >= 0.6 is 11.5 Å². The van der Waals surface area contributed by atoms with E-state index in [1.165, 1.54) is 11.5 Å². The number of carbonyl (C=O) groups is 1. The van der Waals surface area contributed by atoms with Gasteiger partial charge in [-0.1, -0.05) is 21.7 Å². The van der Waals surface area contributed by atoms with Crippen LogP contribution in [-0.4, -0.2) is 27.4 Å². The molecule has 2 rings (SSSR count). The summed E-state index contributed by atoms with van der Waals surface area (Å²) in [7, 11) is 1.80. The molecule has 0 bridgehead atoms. The minimum Gasteiger partial charge on any atom is -0.336 e. The van der Waals surface area contributed by atoms with E-state index in [1.807, 2.05) is 32.9 Å². The third-order valence-electron chi connectivity index (χ3n) is 2.94. The molecule has 0 fully saturated rings. The Morgan fingerprint density at radius 2 is 1.84 bits per heavy atom. The quantitative estimate of drug-likeness (QED) is 0.865. The van der Waals surface area contributed by atoms with Crippen LogP contribution < -0.4 is 0 Å². The van der Waals surface area contributed by atoms with Crippen LogP contribution in [0.1, 0.15) is 32.1 Å². The maximum absolute atomic E-state index is 12.4. The highest BCUT2D eigenvalue weighted by Crippen LogP contribution is 2.15. The van der Waals surface area contributed by atoms with Crippen LogP contribution in [0, 0.1) is 20.8 Å². The number of aromatic nitrogens is 2. The molecule has 0 N–H and O–H groups in total. The lowest BCUT2D eigenvalue weighted by molar-refractivity contribution is 0.0786. The van der Waals surface area contributed by atoms with Crippen molar-refractivity contribution < 1.29 is 4.79 Å². The summed E-state index contributed by atoms with van der Waals surface area (Å²) in [6.07, 6.45) is 0. The van der Waals surface area contributed by atoms with Crippen LogP contribution in [0.4, 0.5) is 0 Å². The SMILES string of the molecule is Cc1cc(C)cc(C(=O)N(C)Cc2snnc2C)c1. The summed E-state index contributed by atoms with van der Waals surface area (Å²) in [6, 6.07) is 5.90. The van der Waals surface area contributed by atoms with E-state index in [1.54, 1.807) is 11.9 Å². The molecule has 2 aromatic rings. The molecule has 0 saturated heterocycles. The summed E-state index contributed by atoms with van der Waals surface area (Å²) >= 11 is 1.34. The molecule has 0 aliphatic rings. The number of benzene rings is 1. The van der Waals surface area contributed by atoms with Gasteiger partial charge in [0, 0.05) is 12.6 Å². The average molecular weight is 275 g/mol. The summed E-state index contributed by atoms with van der Waals surface area (Å²) in [6.45, 7) is 6.46. The fourth-order valence-corrected chi connectivity index (χ4v) is 2.69. The standard InChI is InChI=1S/C14H17N3OS/c1-9-5-10(2)7-12(6-9)14(18)17(4)8-13-11(3)15-16-19-13/h5-7H,8H2,1-4H3. The predicted molar refractivity (Wildman–Crippen MR) is 76.4 cm³/mol. The fourth-order valence-electron chi connectivity index (χ4n) is 2.00. The van der Waals surface area contributed by atoms with Gasteiger partial charge in [-0.3, -0.25) is 4.79 Å². The second-order valence-electron chi connectivity index (χ2n) is 4.82. The Hall–Kier alpha value is -1.75. The molecule has 0 radical (unpaired) electrons. The molecule has 1 aromatic carbocycles. The van der Waals surface area contributed by atoms with Crippen molar-refractivity contribution in [1.29, 1.82) is 0 Å². The zero-order valence-corrected chi connectivity index (χ0v) is 12.4. The number of hydrogen-bond donors (Lipinski definition) is 0. The number of aryl methyl sites for hydroxylation is 3. The third-order valence-corrected chi connectivity index (χ3v) is 3.75. The van der Waals surface area contributed by atoms with Crippen molar-refractivity contribution in [2.24, 2.45) is 0 Å². The highest BCUT2D eigenvalue weighted by atomic mass is 32.1. The second kappa shape index (κ2) is 5.48.